The fourth-order valence-corrected chi connectivity index (χ4v) is 3.11. The fourth-order valence-electron chi connectivity index (χ4n) is 2.81. The van der Waals surface area contributed by atoms with Crippen molar-refractivity contribution in [2.75, 3.05) is 13.7 Å². The van der Waals surface area contributed by atoms with Crippen LogP contribution in [0.3, 0.4) is 0 Å². The van der Waals surface area contributed by atoms with E-state index in [-0.39, 0.29) is 22.9 Å². The van der Waals surface area contributed by atoms with Crippen LogP contribution >= 0.6 is 23.2 Å². The van der Waals surface area contributed by atoms with Crippen molar-refractivity contribution >= 4 is 41.3 Å². The van der Waals surface area contributed by atoms with Gasteiger partial charge in [0.25, 0.3) is 5.91 Å². The number of hydrogen-bond donors (Lipinski definition) is 1. The Balaban J connectivity index is 1.56. The van der Waals surface area contributed by atoms with Gasteiger partial charge in [0.2, 0.25) is 0 Å². The molecule has 0 aliphatic carbocycles. The third-order valence-electron chi connectivity index (χ3n) is 4.65. The number of ether oxygens (including phenoxy) is 3. The van der Waals surface area contributed by atoms with E-state index in [1.807, 2.05) is 24.3 Å². The zero-order valence-corrected chi connectivity index (χ0v) is 20.0. The van der Waals surface area contributed by atoms with Crippen LogP contribution in [-0.4, -0.2) is 31.8 Å². The summed E-state index contributed by atoms with van der Waals surface area (Å²) in [4.78, 5) is 24.4. The Morgan fingerprint density at radius 2 is 1.74 bits per heavy atom. The maximum Gasteiger partial charge on any atom is 0.343 e. The lowest BCUT2D eigenvalue weighted by molar-refractivity contribution is -0.123. The second-order valence-corrected chi connectivity index (χ2v) is 7.82. The van der Waals surface area contributed by atoms with Gasteiger partial charge in [-0.15, -0.1) is 0 Å². The van der Waals surface area contributed by atoms with Crippen molar-refractivity contribution < 1.29 is 23.8 Å². The van der Waals surface area contributed by atoms with E-state index in [0.29, 0.717) is 22.1 Å². The van der Waals surface area contributed by atoms with E-state index in [9.17, 15) is 9.59 Å². The molecule has 0 aliphatic heterocycles. The maximum absolute atomic E-state index is 12.4. The molecular weight excluding hydrogens is 479 g/mol. The number of carbonyl (C=O) groups is 2. The first-order chi connectivity index (χ1) is 16.4. The molecule has 9 heteroatoms. The smallest absolute Gasteiger partial charge is 0.343 e. The molecule has 7 nitrogen and oxygen atoms in total. The standard InChI is InChI=1S/C25H22Cl2N2O5/c1-3-16-4-8-19(9-5-16)33-15-24(30)29-28-14-17-6-11-22(23(12-17)32-2)34-25(31)18-7-10-20(26)21(27)13-18/h4-14H,3,15H2,1-2H3,(H,29,30)/b28-14-. The van der Waals surface area contributed by atoms with E-state index in [1.54, 1.807) is 18.2 Å². The maximum atomic E-state index is 12.4. The summed E-state index contributed by atoms with van der Waals surface area (Å²) in [5, 5.41) is 4.50. The molecule has 0 aliphatic rings. The van der Waals surface area contributed by atoms with Crippen molar-refractivity contribution in [3.05, 3.63) is 87.4 Å². The lowest BCUT2D eigenvalue weighted by Gasteiger charge is -2.10. The number of halogens is 2. The highest BCUT2D eigenvalue weighted by molar-refractivity contribution is 6.42. The molecule has 1 N–H and O–H groups in total. The van der Waals surface area contributed by atoms with Gasteiger partial charge in [0.05, 0.1) is 28.9 Å². The van der Waals surface area contributed by atoms with Crippen LogP contribution in [0.2, 0.25) is 10.0 Å². The van der Waals surface area contributed by atoms with Gasteiger partial charge in [-0.2, -0.15) is 5.10 Å². The summed E-state index contributed by atoms with van der Waals surface area (Å²) in [5.74, 6) is 0.0988. The van der Waals surface area contributed by atoms with Gasteiger partial charge in [-0.3, -0.25) is 4.79 Å². The zero-order chi connectivity index (χ0) is 24.5. The average molecular weight is 501 g/mol. The van der Waals surface area contributed by atoms with Crippen LogP contribution in [0, 0.1) is 0 Å². The minimum absolute atomic E-state index is 0.171. The van der Waals surface area contributed by atoms with Gasteiger partial charge in [0.1, 0.15) is 5.75 Å². The van der Waals surface area contributed by atoms with Gasteiger partial charge < -0.3 is 14.2 Å². The van der Waals surface area contributed by atoms with E-state index in [0.717, 1.165) is 6.42 Å². The highest BCUT2D eigenvalue weighted by atomic mass is 35.5. The lowest BCUT2D eigenvalue weighted by atomic mass is 10.2. The molecule has 3 aromatic rings. The van der Waals surface area contributed by atoms with Gasteiger partial charge in [0.15, 0.2) is 18.1 Å². The number of nitrogens with one attached hydrogen (secondary N) is 1. The van der Waals surface area contributed by atoms with Gasteiger partial charge in [0, 0.05) is 0 Å². The SMILES string of the molecule is CCc1ccc(OCC(=O)N/N=C\c2ccc(OC(=O)c3ccc(Cl)c(Cl)c3)c(OC)c2)cc1. The highest BCUT2D eigenvalue weighted by Crippen LogP contribution is 2.29. The molecule has 0 saturated carbocycles. The summed E-state index contributed by atoms with van der Waals surface area (Å²) < 4.78 is 16.2. The van der Waals surface area contributed by atoms with Crippen LogP contribution in [0.15, 0.2) is 65.8 Å². The predicted octanol–water partition coefficient (Wildman–Crippen LogP) is 5.31. The average Bonchev–Trinajstić information content (AvgIpc) is 2.85. The quantitative estimate of drug-likeness (QED) is 0.186. The Labute approximate surface area is 207 Å². The van der Waals surface area contributed by atoms with Crippen molar-refractivity contribution in [2.24, 2.45) is 5.10 Å². The first-order valence-corrected chi connectivity index (χ1v) is 11.0. The summed E-state index contributed by atoms with van der Waals surface area (Å²) >= 11 is 11.8. The number of rotatable bonds is 9. The van der Waals surface area contributed by atoms with Gasteiger partial charge in [-0.1, -0.05) is 42.3 Å². The zero-order valence-electron chi connectivity index (χ0n) is 18.5. The van der Waals surface area contributed by atoms with E-state index >= 15 is 0 Å². The van der Waals surface area contributed by atoms with Crippen LogP contribution in [0.5, 0.6) is 17.2 Å². The Kier molecular flexibility index (Phi) is 8.90. The largest absolute Gasteiger partial charge is 0.493 e. The second-order valence-electron chi connectivity index (χ2n) is 7.01. The molecule has 0 spiro atoms. The molecule has 176 valence electrons. The summed E-state index contributed by atoms with van der Waals surface area (Å²) in [6.07, 6.45) is 2.36. The van der Waals surface area contributed by atoms with Crippen molar-refractivity contribution in [1.29, 1.82) is 0 Å². The normalized spacial score (nSPS) is 10.7. The molecule has 1 amide bonds. The van der Waals surface area contributed by atoms with Gasteiger partial charge >= 0.3 is 5.97 Å². The number of amides is 1. The number of benzene rings is 3. The van der Waals surface area contributed by atoms with Crippen molar-refractivity contribution in [1.82, 2.24) is 5.43 Å². The molecule has 3 rings (SSSR count). The van der Waals surface area contributed by atoms with E-state index < -0.39 is 11.9 Å². The fraction of sp³-hybridized carbons (Fsp3) is 0.160. The lowest BCUT2D eigenvalue weighted by Crippen LogP contribution is -2.24. The Hall–Kier alpha value is -3.55. The molecule has 0 atom stereocenters. The van der Waals surface area contributed by atoms with E-state index in [2.05, 4.69) is 17.5 Å². The first-order valence-electron chi connectivity index (χ1n) is 10.3. The minimum Gasteiger partial charge on any atom is -0.493 e. The molecule has 0 radical (unpaired) electrons. The molecule has 0 heterocycles. The van der Waals surface area contributed by atoms with Crippen LogP contribution in [0.1, 0.15) is 28.4 Å². The van der Waals surface area contributed by atoms with E-state index in [4.69, 9.17) is 37.4 Å². The van der Waals surface area contributed by atoms with Crippen molar-refractivity contribution in [3.63, 3.8) is 0 Å². The molecule has 0 aromatic heterocycles. The number of hydrogen-bond acceptors (Lipinski definition) is 6. The molecule has 34 heavy (non-hydrogen) atoms. The van der Waals surface area contributed by atoms with Gasteiger partial charge in [-0.25, -0.2) is 10.2 Å². The molecule has 0 unspecified atom stereocenters. The van der Waals surface area contributed by atoms with E-state index in [1.165, 1.54) is 37.1 Å². The number of carbonyl (C=O) groups excluding carboxylic acids is 2. The predicted molar refractivity (Wildman–Crippen MR) is 131 cm³/mol. The summed E-state index contributed by atoms with van der Waals surface area (Å²) in [6.45, 7) is 1.89. The number of aryl methyl sites for hydroxylation is 1. The second kappa shape index (κ2) is 12.1. The molecule has 0 bridgehead atoms. The number of nitrogens with zero attached hydrogens (tertiary/aromatic N) is 1. The summed E-state index contributed by atoms with van der Waals surface area (Å²) in [5.41, 5.74) is 4.44. The Morgan fingerprint density at radius 1 is 0.971 bits per heavy atom. The third kappa shape index (κ3) is 6.97. The molecule has 0 saturated heterocycles. The number of methoxy groups -OCH3 is 1. The summed E-state index contributed by atoms with van der Waals surface area (Å²) in [7, 11) is 1.44. The Bertz CT molecular complexity index is 1200. The Morgan fingerprint density at radius 3 is 2.41 bits per heavy atom. The summed E-state index contributed by atoms with van der Waals surface area (Å²) in [6, 6.07) is 16.8. The van der Waals surface area contributed by atoms with Crippen LogP contribution in [-0.2, 0) is 11.2 Å². The molecule has 3 aromatic carbocycles. The topological polar surface area (TPSA) is 86.2 Å². The monoisotopic (exact) mass is 500 g/mol. The van der Waals surface area contributed by atoms with Crippen molar-refractivity contribution in [2.45, 2.75) is 13.3 Å². The number of hydrazone groups is 1. The molecule has 0 fully saturated rings. The minimum atomic E-state index is -0.616. The number of esters is 1. The first kappa shape index (κ1) is 25.1. The van der Waals surface area contributed by atoms with Crippen LogP contribution in [0.25, 0.3) is 0 Å². The van der Waals surface area contributed by atoms with Crippen LogP contribution < -0.4 is 19.6 Å². The molecular formula is C25H22Cl2N2O5. The van der Waals surface area contributed by atoms with Crippen molar-refractivity contribution in [3.8, 4) is 17.2 Å². The third-order valence-corrected chi connectivity index (χ3v) is 5.39. The highest BCUT2D eigenvalue weighted by Gasteiger charge is 2.14. The van der Waals surface area contributed by atoms with Crippen LogP contribution in [0.4, 0.5) is 0 Å². The van der Waals surface area contributed by atoms with Gasteiger partial charge in [-0.05, 0) is 66.1 Å².